The van der Waals surface area contributed by atoms with Gasteiger partial charge in [0.2, 0.25) is 11.8 Å². The quantitative estimate of drug-likeness (QED) is 0.468. The number of aryl methyl sites for hydroxylation is 1. The van der Waals surface area contributed by atoms with Gasteiger partial charge < -0.3 is 20.2 Å². The first-order chi connectivity index (χ1) is 18.7. The highest BCUT2D eigenvalue weighted by molar-refractivity contribution is 7.13. The number of likely N-dealkylation sites (tertiary alicyclic amines) is 1. The fourth-order valence-electron chi connectivity index (χ4n) is 5.50. The maximum Gasteiger partial charge on any atom is 0.255 e. The van der Waals surface area contributed by atoms with E-state index >= 15 is 4.39 Å². The van der Waals surface area contributed by atoms with Crippen LogP contribution in [-0.4, -0.2) is 63.5 Å². The van der Waals surface area contributed by atoms with Crippen LogP contribution in [0.4, 0.5) is 4.39 Å². The van der Waals surface area contributed by atoms with Gasteiger partial charge in [-0.05, 0) is 52.6 Å². The van der Waals surface area contributed by atoms with Crippen LogP contribution in [-0.2, 0) is 22.7 Å². The molecule has 7 nitrogen and oxygen atoms in total. The first kappa shape index (κ1) is 27.0. The summed E-state index contributed by atoms with van der Waals surface area (Å²) in [6.07, 6.45) is -3.42. The molecule has 39 heavy (non-hydrogen) atoms. The van der Waals surface area contributed by atoms with Crippen LogP contribution >= 0.6 is 11.3 Å². The number of carbonyl (C=O) groups is 3. The Labute approximate surface area is 231 Å². The van der Waals surface area contributed by atoms with Gasteiger partial charge in [0.25, 0.3) is 5.91 Å². The lowest BCUT2D eigenvalue weighted by Crippen LogP contribution is -2.56. The van der Waals surface area contributed by atoms with E-state index in [9.17, 15) is 19.5 Å². The van der Waals surface area contributed by atoms with Crippen molar-refractivity contribution < 1.29 is 23.9 Å². The molecule has 1 unspecified atom stereocenters. The molecule has 1 aromatic heterocycles. The number of hydrogen-bond donors (Lipinski definition) is 2. The lowest BCUT2D eigenvalue weighted by atomic mass is 10.00. The van der Waals surface area contributed by atoms with Gasteiger partial charge >= 0.3 is 0 Å². The Morgan fingerprint density at radius 3 is 2.49 bits per heavy atom. The zero-order valence-electron chi connectivity index (χ0n) is 22.1. The smallest absolute Gasteiger partial charge is 0.255 e. The van der Waals surface area contributed by atoms with Crippen LogP contribution < -0.4 is 5.32 Å². The number of rotatable bonds is 7. The van der Waals surface area contributed by atoms with E-state index in [-0.39, 0.29) is 31.5 Å². The van der Waals surface area contributed by atoms with E-state index < -0.39 is 36.2 Å². The Morgan fingerprint density at radius 2 is 1.85 bits per heavy atom. The molecule has 3 heterocycles. The van der Waals surface area contributed by atoms with Crippen LogP contribution in [0.5, 0.6) is 0 Å². The molecular weight excluding hydrogens is 517 g/mol. The van der Waals surface area contributed by atoms with Gasteiger partial charge in [0.1, 0.15) is 18.2 Å². The number of thiophene rings is 1. The molecule has 2 aliphatic rings. The highest BCUT2D eigenvalue weighted by Crippen LogP contribution is 2.31. The molecule has 0 spiro atoms. The highest BCUT2D eigenvalue weighted by Gasteiger charge is 2.51. The van der Waals surface area contributed by atoms with Crippen molar-refractivity contribution in [3.05, 3.63) is 82.2 Å². The third-order valence-electron chi connectivity index (χ3n) is 7.56. The number of hydrogen-bond acceptors (Lipinski definition) is 5. The van der Waals surface area contributed by atoms with Gasteiger partial charge in [0, 0.05) is 23.5 Å². The minimum Gasteiger partial charge on any atom is -0.388 e. The van der Waals surface area contributed by atoms with Crippen LogP contribution in [0.3, 0.4) is 0 Å². The van der Waals surface area contributed by atoms with Gasteiger partial charge in [0.05, 0.1) is 6.54 Å². The van der Waals surface area contributed by atoms with Gasteiger partial charge in [-0.15, -0.1) is 11.3 Å². The second-order valence-electron chi connectivity index (χ2n) is 10.6. The fraction of sp³-hybridized carbons (Fsp3) is 0.367. The molecule has 5 rings (SSSR count). The largest absolute Gasteiger partial charge is 0.388 e. The second-order valence-corrected chi connectivity index (χ2v) is 11.5. The number of aliphatic hydroxyl groups excluding tert-OH is 1. The van der Waals surface area contributed by atoms with Crippen LogP contribution in [0, 0.1) is 12.8 Å². The maximum atomic E-state index is 15.2. The summed E-state index contributed by atoms with van der Waals surface area (Å²) in [6.45, 7) is 5.78. The SMILES string of the molecule is Cc1ccsc1-c1ccc(CNC(=O)C2[C@@H](F)[C@@H](O)CN2C(=O)[C@H](C(C)C)N2Cc3ccccc3C2=O)cc1. The summed E-state index contributed by atoms with van der Waals surface area (Å²) in [7, 11) is 0. The fourth-order valence-corrected chi connectivity index (χ4v) is 6.43. The zero-order valence-corrected chi connectivity index (χ0v) is 23.0. The summed E-state index contributed by atoms with van der Waals surface area (Å²) in [5.74, 6) is -1.78. The summed E-state index contributed by atoms with van der Waals surface area (Å²) in [4.78, 5) is 43.9. The van der Waals surface area contributed by atoms with Crippen molar-refractivity contribution in [1.29, 1.82) is 0 Å². The molecular formula is C30H32FN3O4S. The Hall–Kier alpha value is -3.56. The lowest BCUT2D eigenvalue weighted by Gasteiger charge is -2.35. The third-order valence-corrected chi connectivity index (χ3v) is 8.62. The number of halogens is 1. The van der Waals surface area contributed by atoms with Crippen molar-refractivity contribution in [1.82, 2.24) is 15.1 Å². The van der Waals surface area contributed by atoms with E-state index in [1.165, 1.54) is 15.3 Å². The second kappa shape index (κ2) is 10.9. The van der Waals surface area contributed by atoms with E-state index in [4.69, 9.17) is 0 Å². The molecule has 204 valence electrons. The summed E-state index contributed by atoms with van der Waals surface area (Å²) in [6, 6.07) is 14.6. The molecule has 3 aromatic rings. The number of nitrogens with zero attached hydrogens (tertiary/aromatic N) is 2. The normalized spacial score (nSPS) is 21.4. The van der Waals surface area contributed by atoms with Crippen molar-refractivity contribution in [2.75, 3.05) is 6.54 Å². The molecule has 4 atom stereocenters. The first-order valence-corrected chi connectivity index (χ1v) is 14.0. The van der Waals surface area contributed by atoms with E-state index in [0.717, 1.165) is 21.6 Å². The van der Waals surface area contributed by atoms with Crippen molar-refractivity contribution >= 4 is 29.1 Å². The van der Waals surface area contributed by atoms with Crippen molar-refractivity contribution in [3.8, 4) is 10.4 Å². The highest BCUT2D eigenvalue weighted by atomic mass is 32.1. The van der Waals surface area contributed by atoms with Crippen LogP contribution in [0.1, 0.15) is 40.9 Å². The van der Waals surface area contributed by atoms with Crippen molar-refractivity contribution in [2.45, 2.75) is 58.2 Å². The van der Waals surface area contributed by atoms with Crippen LogP contribution in [0.2, 0.25) is 0 Å². The molecule has 1 saturated heterocycles. The van der Waals surface area contributed by atoms with Crippen molar-refractivity contribution in [2.24, 2.45) is 5.92 Å². The minimum atomic E-state index is -1.93. The minimum absolute atomic E-state index is 0.150. The average molecular weight is 550 g/mol. The van der Waals surface area contributed by atoms with Gasteiger partial charge in [-0.1, -0.05) is 56.3 Å². The molecule has 2 aromatic carbocycles. The molecule has 9 heteroatoms. The van der Waals surface area contributed by atoms with E-state index in [1.807, 2.05) is 55.6 Å². The van der Waals surface area contributed by atoms with Gasteiger partial charge in [-0.3, -0.25) is 14.4 Å². The van der Waals surface area contributed by atoms with Gasteiger partial charge in [0.15, 0.2) is 6.17 Å². The number of aliphatic hydroxyl groups is 1. The summed E-state index contributed by atoms with van der Waals surface area (Å²) >= 11 is 1.66. The Morgan fingerprint density at radius 1 is 1.13 bits per heavy atom. The summed E-state index contributed by atoms with van der Waals surface area (Å²) in [5.41, 5.74) is 4.46. The van der Waals surface area contributed by atoms with Crippen LogP contribution in [0.25, 0.3) is 10.4 Å². The maximum absolute atomic E-state index is 15.2. The van der Waals surface area contributed by atoms with Crippen LogP contribution in [0.15, 0.2) is 60.0 Å². The average Bonchev–Trinajstić information content (AvgIpc) is 3.58. The Kier molecular flexibility index (Phi) is 7.55. The number of carbonyl (C=O) groups excluding carboxylic acids is 3. The molecule has 3 amide bonds. The number of fused-ring (bicyclic) bond motifs is 1. The van der Waals surface area contributed by atoms with E-state index in [1.54, 1.807) is 23.5 Å². The number of β-amino-alcohol motifs (C(OH)–C–C–N with tert-alkyl or cyclic N) is 1. The molecule has 2 N–H and O–H groups in total. The molecule has 0 aliphatic carbocycles. The Bertz CT molecular complexity index is 1390. The zero-order chi connectivity index (χ0) is 27.8. The molecule has 0 bridgehead atoms. The third kappa shape index (κ3) is 5.08. The summed E-state index contributed by atoms with van der Waals surface area (Å²) < 4.78 is 15.2. The monoisotopic (exact) mass is 549 g/mol. The predicted octanol–water partition coefficient (Wildman–Crippen LogP) is 3.93. The molecule has 2 aliphatic heterocycles. The molecule has 0 radical (unpaired) electrons. The summed E-state index contributed by atoms with van der Waals surface area (Å²) in [5, 5.41) is 15.1. The van der Waals surface area contributed by atoms with E-state index in [0.29, 0.717) is 5.56 Å². The molecule has 0 saturated carbocycles. The van der Waals surface area contributed by atoms with E-state index in [2.05, 4.69) is 18.3 Å². The topological polar surface area (TPSA) is 89.9 Å². The standard InChI is InChI=1S/C30H32FN3O4S/c1-17(2)25(33-15-21-6-4-5-7-22(21)29(33)37)30(38)34-16-23(35)24(31)26(34)28(36)32-14-19-8-10-20(11-9-19)27-18(3)12-13-39-27/h4-13,17,23-26,35H,14-16H2,1-3H3,(H,32,36)/t23-,24-,25-,26?/m0/s1. The number of benzene rings is 2. The predicted molar refractivity (Wildman–Crippen MR) is 148 cm³/mol. The van der Waals surface area contributed by atoms with Crippen molar-refractivity contribution in [3.63, 3.8) is 0 Å². The number of nitrogens with one attached hydrogen (secondary N) is 1. The first-order valence-electron chi connectivity index (χ1n) is 13.1. The van der Waals surface area contributed by atoms with Gasteiger partial charge in [-0.2, -0.15) is 0 Å². The number of alkyl halides is 1. The molecule has 1 fully saturated rings. The lowest BCUT2D eigenvalue weighted by molar-refractivity contribution is -0.144. The Balaban J connectivity index is 1.30. The van der Waals surface area contributed by atoms with Gasteiger partial charge in [-0.25, -0.2) is 4.39 Å². The number of amides is 3.